The zero-order valence-electron chi connectivity index (χ0n) is 36.2. The number of para-hydroxylation sites is 2. The lowest BCUT2D eigenvalue weighted by Crippen LogP contribution is -2.16. The lowest BCUT2D eigenvalue weighted by atomic mass is 9.98. The minimum Gasteiger partial charge on any atom is -0.309 e. The second-order valence-corrected chi connectivity index (χ2v) is 16.8. The number of benzene rings is 8. The second-order valence-electron chi connectivity index (χ2n) is 16.8. The van der Waals surface area contributed by atoms with E-state index in [1.54, 1.807) is 39.5 Å². The summed E-state index contributed by atoms with van der Waals surface area (Å²) in [6.45, 7) is 0. The van der Waals surface area contributed by atoms with Crippen molar-refractivity contribution in [2.24, 2.45) is 0 Å². The minimum absolute atomic E-state index is 0.0417. The van der Waals surface area contributed by atoms with Crippen LogP contribution in [0.15, 0.2) is 218 Å². The van der Waals surface area contributed by atoms with Crippen LogP contribution in [0, 0.1) is 11.3 Å². The van der Waals surface area contributed by atoms with E-state index in [0.29, 0.717) is 38.8 Å². The number of nitriles is 1. The maximum Gasteiger partial charge on any atom is 0.420 e. The topological polar surface area (TPSA) is 59.4 Å². The molecule has 0 spiro atoms. The van der Waals surface area contributed by atoms with E-state index < -0.39 is 11.7 Å². The van der Waals surface area contributed by atoms with Gasteiger partial charge in [0.1, 0.15) is 5.56 Å². The smallest absolute Gasteiger partial charge is 0.309 e. The number of aromatic nitrogens is 4. The molecular weight excluding hydrogens is 848 g/mol. The number of halogens is 3. The van der Waals surface area contributed by atoms with Crippen molar-refractivity contribution >= 4 is 43.6 Å². The van der Waals surface area contributed by atoms with Gasteiger partial charge < -0.3 is 9.13 Å². The Balaban J connectivity index is 1.12. The van der Waals surface area contributed by atoms with Gasteiger partial charge in [0.25, 0.3) is 0 Å². The monoisotopic (exact) mass is 883 g/mol. The summed E-state index contributed by atoms with van der Waals surface area (Å²) in [6, 6.07) is 71.0. The van der Waals surface area contributed by atoms with Gasteiger partial charge >= 0.3 is 6.18 Å². The van der Waals surface area contributed by atoms with Crippen LogP contribution in [0.5, 0.6) is 0 Å². The molecule has 0 aliphatic rings. The van der Waals surface area contributed by atoms with Crippen LogP contribution in [0.2, 0.25) is 0 Å². The van der Waals surface area contributed by atoms with Crippen LogP contribution in [-0.4, -0.2) is 19.1 Å². The molecule has 4 aromatic heterocycles. The normalized spacial score (nSPS) is 11.7. The summed E-state index contributed by atoms with van der Waals surface area (Å²) < 4.78 is 53.2. The largest absolute Gasteiger partial charge is 0.420 e. The van der Waals surface area contributed by atoms with E-state index in [1.807, 2.05) is 188 Å². The van der Waals surface area contributed by atoms with Gasteiger partial charge in [-0.3, -0.25) is 0 Å². The summed E-state index contributed by atoms with van der Waals surface area (Å²) in [6.07, 6.45) is -4.84. The van der Waals surface area contributed by atoms with Crippen molar-refractivity contribution in [2.45, 2.75) is 6.18 Å². The third-order valence-electron chi connectivity index (χ3n) is 12.8. The highest BCUT2D eigenvalue weighted by Gasteiger charge is 2.39. The van der Waals surface area contributed by atoms with Crippen LogP contribution >= 0.6 is 0 Å². The molecule has 5 nitrogen and oxygen atoms in total. The van der Waals surface area contributed by atoms with Gasteiger partial charge in [-0.25, -0.2) is 9.97 Å². The number of pyridine rings is 2. The van der Waals surface area contributed by atoms with Gasteiger partial charge in [0.15, 0.2) is 0 Å². The van der Waals surface area contributed by atoms with Crippen LogP contribution in [0.1, 0.15) is 11.1 Å². The second kappa shape index (κ2) is 16.1. The highest BCUT2D eigenvalue weighted by Crippen LogP contribution is 2.47. The van der Waals surface area contributed by atoms with Gasteiger partial charge in [-0.1, -0.05) is 133 Å². The molecule has 0 aliphatic heterocycles. The number of nitrogens with zero attached hydrogens (tertiary/aromatic N) is 5. The number of hydrogen-bond donors (Lipinski definition) is 0. The van der Waals surface area contributed by atoms with Crippen molar-refractivity contribution in [3.05, 3.63) is 230 Å². The summed E-state index contributed by atoms with van der Waals surface area (Å²) in [5.41, 5.74) is 9.85. The molecule has 0 atom stereocenters. The van der Waals surface area contributed by atoms with E-state index >= 15 is 13.2 Å². The van der Waals surface area contributed by atoms with Gasteiger partial charge in [-0.2, -0.15) is 18.4 Å². The van der Waals surface area contributed by atoms with E-state index in [1.165, 1.54) is 0 Å². The van der Waals surface area contributed by atoms with Gasteiger partial charge in [0.2, 0.25) is 0 Å². The molecule has 0 unspecified atom stereocenters. The molecule has 0 N–H and O–H groups in total. The molecular formula is C60H36F3N5. The molecule has 8 aromatic carbocycles. The van der Waals surface area contributed by atoms with Crippen LogP contribution < -0.4 is 0 Å². The van der Waals surface area contributed by atoms with E-state index in [0.717, 1.165) is 66.6 Å². The zero-order valence-corrected chi connectivity index (χ0v) is 36.2. The zero-order chi connectivity index (χ0) is 45.9. The Kier molecular flexibility index (Phi) is 9.59. The predicted molar refractivity (Wildman–Crippen MR) is 268 cm³/mol. The SMILES string of the molecule is N#Cc1cccc(-c2cc(-n3c4ccccc4c4cc(-c5cccc(-c6ccccc6)n5)ccc43)c(C(F)(F)F)c(-n3c4ccccc4c4cc(-c5cccc(-c6ccccc6)n5)ccc43)c2)c1. The lowest BCUT2D eigenvalue weighted by Gasteiger charge is -2.23. The fourth-order valence-electron chi connectivity index (χ4n) is 9.70. The molecule has 4 heterocycles. The van der Waals surface area contributed by atoms with Crippen molar-refractivity contribution in [1.82, 2.24) is 19.1 Å². The van der Waals surface area contributed by atoms with Crippen molar-refractivity contribution in [3.63, 3.8) is 0 Å². The van der Waals surface area contributed by atoms with E-state index in [4.69, 9.17) is 9.97 Å². The quantitative estimate of drug-likeness (QED) is 0.160. The molecule has 0 amide bonds. The van der Waals surface area contributed by atoms with Crippen molar-refractivity contribution in [1.29, 1.82) is 5.26 Å². The highest BCUT2D eigenvalue weighted by atomic mass is 19.4. The average Bonchev–Trinajstić information content (AvgIpc) is 3.91. The molecule has 0 fully saturated rings. The van der Waals surface area contributed by atoms with Gasteiger partial charge in [0, 0.05) is 43.8 Å². The summed E-state index contributed by atoms with van der Waals surface area (Å²) in [7, 11) is 0. The molecule has 68 heavy (non-hydrogen) atoms. The van der Waals surface area contributed by atoms with Crippen LogP contribution in [0.4, 0.5) is 13.2 Å². The van der Waals surface area contributed by atoms with E-state index in [-0.39, 0.29) is 11.4 Å². The minimum atomic E-state index is -4.84. The molecule has 12 aromatic rings. The maximum atomic E-state index is 16.6. The number of fused-ring (bicyclic) bond motifs is 6. The average molecular weight is 884 g/mol. The van der Waals surface area contributed by atoms with Crippen LogP contribution in [0.3, 0.4) is 0 Å². The first-order valence-electron chi connectivity index (χ1n) is 22.2. The highest BCUT2D eigenvalue weighted by molar-refractivity contribution is 6.12. The van der Waals surface area contributed by atoms with Gasteiger partial charge in [0.05, 0.1) is 67.8 Å². The first kappa shape index (κ1) is 40.4. The maximum absolute atomic E-state index is 16.6. The summed E-state index contributed by atoms with van der Waals surface area (Å²) in [5, 5.41) is 13.1. The Bertz CT molecular complexity index is 3750. The third-order valence-corrected chi connectivity index (χ3v) is 12.8. The lowest BCUT2D eigenvalue weighted by molar-refractivity contribution is -0.137. The fourth-order valence-corrected chi connectivity index (χ4v) is 9.70. The molecule has 0 bridgehead atoms. The Labute approximate surface area is 388 Å². The van der Waals surface area contributed by atoms with E-state index in [2.05, 4.69) is 6.07 Å². The molecule has 0 radical (unpaired) electrons. The van der Waals surface area contributed by atoms with Gasteiger partial charge in [-0.15, -0.1) is 0 Å². The molecule has 0 aliphatic carbocycles. The standard InChI is InChI=1S/C60H36F3N5/c61-60(62,63)59-57(67-53-26-9-7-20-45(53)47-33-42(28-30-55(47)67)51-24-12-22-49(65-51)39-15-3-1-4-16-39)35-44(41-19-11-14-38(32-41)37-64)36-58(59)68-54-27-10-8-21-46(54)48-34-43(29-31-56(48)68)52-25-13-23-50(66-52)40-17-5-2-6-18-40/h1-36H. The Hall–Kier alpha value is -9.06. The van der Waals surface area contributed by atoms with E-state index in [9.17, 15) is 5.26 Å². The third kappa shape index (κ3) is 6.88. The van der Waals surface area contributed by atoms with Crippen molar-refractivity contribution in [3.8, 4) is 73.6 Å². The molecule has 0 saturated carbocycles. The van der Waals surface area contributed by atoms with Gasteiger partial charge in [-0.05, 0) is 96.1 Å². The molecule has 0 saturated heterocycles. The number of alkyl halides is 3. The summed E-state index contributed by atoms with van der Waals surface area (Å²) in [5.74, 6) is 0. The molecule has 8 heteroatoms. The van der Waals surface area contributed by atoms with Crippen LogP contribution in [-0.2, 0) is 6.18 Å². The van der Waals surface area contributed by atoms with Crippen molar-refractivity contribution in [2.75, 3.05) is 0 Å². The molecule has 12 rings (SSSR count). The first-order valence-corrected chi connectivity index (χ1v) is 22.2. The summed E-state index contributed by atoms with van der Waals surface area (Å²) >= 11 is 0. The van der Waals surface area contributed by atoms with Crippen molar-refractivity contribution < 1.29 is 13.2 Å². The Morgan fingerprint density at radius 1 is 0.353 bits per heavy atom. The first-order chi connectivity index (χ1) is 33.3. The predicted octanol–water partition coefficient (Wildman–Crippen LogP) is 15.9. The Morgan fingerprint density at radius 2 is 0.765 bits per heavy atom. The number of rotatable bonds is 7. The fraction of sp³-hybridized carbons (Fsp3) is 0.0167. The van der Waals surface area contributed by atoms with Crippen LogP contribution in [0.25, 0.3) is 111 Å². The summed E-state index contributed by atoms with van der Waals surface area (Å²) in [4.78, 5) is 10.0. The Morgan fingerprint density at radius 3 is 1.24 bits per heavy atom. The number of hydrogen-bond acceptors (Lipinski definition) is 3. The molecule has 322 valence electrons.